The second-order valence-electron chi connectivity index (χ2n) is 7.34. The molecule has 0 aliphatic heterocycles. The Balaban J connectivity index is 1.68. The van der Waals surface area contributed by atoms with Crippen molar-refractivity contribution in [3.8, 4) is 11.8 Å². The number of rotatable bonds is 7. The smallest absolute Gasteiger partial charge is 0.251 e. The van der Waals surface area contributed by atoms with Crippen LogP contribution in [0.15, 0.2) is 83.8 Å². The van der Waals surface area contributed by atoms with Gasteiger partial charge in [-0.2, -0.15) is 0 Å². The Bertz CT molecular complexity index is 1130. The molecule has 0 fully saturated rings. The van der Waals surface area contributed by atoms with Crippen LogP contribution in [0.25, 0.3) is 0 Å². The summed E-state index contributed by atoms with van der Waals surface area (Å²) in [6.07, 6.45) is 1.08. The second kappa shape index (κ2) is 11.3. The molecule has 4 nitrogen and oxygen atoms in total. The summed E-state index contributed by atoms with van der Waals surface area (Å²) in [4.78, 5) is 26.6. The maximum Gasteiger partial charge on any atom is 0.251 e. The number of benzene rings is 3. The van der Waals surface area contributed by atoms with Crippen molar-refractivity contribution in [3.63, 3.8) is 0 Å². The van der Waals surface area contributed by atoms with Gasteiger partial charge in [0, 0.05) is 28.0 Å². The molecule has 162 valence electrons. The van der Waals surface area contributed by atoms with Crippen LogP contribution in [0.5, 0.6) is 0 Å². The van der Waals surface area contributed by atoms with E-state index in [9.17, 15) is 14.7 Å². The standard InChI is InChI=1S/C27H25NO3S/c1-19(29)26(24(30)18-23-10-6-7-11-25(23)32-2)28-27(31)22-16-14-21(15-17-22)13-12-20-8-4-3-5-9-20/h3-11,14-17,19,26,29H,18H2,1-2H3,(H,28,31)/t19-,26+/m1/s1. The number of amides is 1. The third-order valence-corrected chi connectivity index (χ3v) is 5.78. The van der Waals surface area contributed by atoms with E-state index in [1.807, 2.05) is 60.9 Å². The normalized spacial score (nSPS) is 12.2. The highest BCUT2D eigenvalue weighted by molar-refractivity contribution is 7.98. The van der Waals surface area contributed by atoms with Gasteiger partial charge < -0.3 is 10.4 Å². The number of thioether (sulfide) groups is 1. The number of aliphatic hydroxyl groups excluding tert-OH is 1. The lowest BCUT2D eigenvalue weighted by Gasteiger charge is -2.21. The molecule has 0 bridgehead atoms. The SMILES string of the molecule is CSc1ccccc1CC(=O)[C@@H](NC(=O)c1ccc(C#Cc2ccccc2)cc1)[C@@H](C)O. The van der Waals surface area contributed by atoms with E-state index in [4.69, 9.17) is 0 Å². The van der Waals surface area contributed by atoms with Gasteiger partial charge in [-0.1, -0.05) is 48.2 Å². The molecule has 3 aromatic carbocycles. The molecular formula is C27H25NO3S. The first-order valence-electron chi connectivity index (χ1n) is 10.3. The van der Waals surface area contributed by atoms with Gasteiger partial charge in [0.2, 0.25) is 0 Å². The van der Waals surface area contributed by atoms with Gasteiger partial charge in [0.25, 0.3) is 5.91 Å². The van der Waals surface area contributed by atoms with Crippen molar-refractivity contribution >= 4 is 23.5 Å². The van der Waals surface area contributed by atoms with E-state index < -0.39 is 18.1 Å². The van der Waals surface area contributed by atoms with Gasteiger partial charge in [0.1, 0.15) is 6.04 Å². The third kappa shape index (κ3) is 6.34. The van der Waals surface area contributed by atoms with Gasteiger partial charge in [0.15, 0.2) is 5.78 Å². The van der Waals surface area contributed by atoms with E-state index >= 15 is 0 Å². The quantitative estimate of drug-likeness (QED) is 0.426. The van der Waals surface area contributed by atoms with Gasteiger partial charge >= 0.3 is 0 Å². The predicted molar refractivity (Wildman–Crippen MR) is 129 cm³/mol. The Kier molecular flexibility index (Phi) is 8.27. The number of carbonyl (C=O) groups excluding carboxylic acids is 2. The highest BCUT2D eigenvalue weighted by Crippen LogP contribution is 2.21. The lowest BCUT2D eigenvalue weighted by molar-refractivity contribution is -0.122. The van der Waals surface area contributed by atoms with Crippen LogP contribution < -0.4 is 5.32 Å². The lowest BCUT2D eigenvalue weighted by Crippen LogP contribution is -2.48. The number of hydrogen-bond acceptors (Lipinski definition) is 4. The zero-order valence-corrected chi connectivity index (χ0v) is 18.9. The zero-order chi connectivity index (χ0) is 22.9. The van der Waals surface area contributed by atoms with Crippen LogP contribution in [0, 0.1) is 11.8 Å². The number of hydrogen-bond donors (Lipinski definition) is 2. The summed E-state index contributed by atoms with van der Waals surface area (Å²) in [6, 6.07) is 23.1. The average molecular weight is 444 g/mol. The van der Waals surface area contributed by atoms with Gasteiger partial charge in [0.05, 0.1) is 6.10 Å². The van der Waals surface area contributed by atoms with Gasteiger partial charge in [-0.25, -0.2) is 0 Å². The fourth-order valence-electron chi connectivity index (χ4n) is 3.21. The predicted octanol–water partition coefficient (Wildman–Crippen LogP) is 4.10. The molecule has 0 spiro atoms. The van der Waals surface area contributed by atoms with Crippen molar-refractivity contribution in [2.24, 2.45) is 0 Å². The van der Waals surface area contributed by atoms with E-state index in [0.29, 0.717) is 5.56 Å². The van der Waals surface area contributed by atoms with Crippen LogP contribution in [0.4, 0.5) is 0 Å². The van der Waals surface area contributed by atoms with E-state index in [2.05, 4.69) is 17.2 Å². The van der Waals surface area contributed by atoms with Crippen molar-refractivity contribution in [1.82, 2.24) is 5.32 Å². The van der Waals surface area contributed by atoms with Crippen LogP contribution in [0.3, 0.4) is 0 Å². The zero-order valence-electron chi connectivity index (χ0n) is 18.0. The molecule has 0 aromatic heterocycles. The van der Waals surface area contributed by atoms with Crippen LogP contribution >= 0.6 is 11.8 Å². The maximum absolute atomic E-state index is 12.9. The Hall–Kier alpha value is -3.33. The molecule has 1 amide bonds. The highest BCUT2D eigenvalue weighted by atomic mass is 32.2. The summed E-state index contributed by atoms with van der Waals surface area (Å²) in [5.41, 5.74) is 2.97. The molecule has 0 radical (unpaired) electrons. The summed E-state index contributed by atoms with van der Waals surface area (Å²) in [5, 5.41) is 12.8. The van der Waals surface area contributed by atoms with E-state index in [-0.39, 0.29) is 12.2 Å². The summed E-state index contributed by atoms with van der Waals surface area (Å²) in [7, 11) is 0. The van der Waals surface area contributed by atoms with E-state index in [1.165, 1.54) is 6.92 Å². The number of carbonyl (C=O) groups is 2. The molecule has 5 heteroatoms. The van der Waals surface area contributed by atoms with Crippen molar-refractivity contribution < 1.29 is 14.7 Å². The fourth-order valence-corrected chi connectivity index (χ4v) is 3.83. The molecule has 0 saturated carbocycles. The molecule has 0 aliphatic rings. The molecule has 32 heavy (non-hydrogen) atoms. The third-order valence-electron chi connectivity index (χ3n) is 4.95. The van der Waals surface area contributed by atoms with Crippen molar-refractivity contribution in [2.45, 2.75) is 30.4 Å². The van der Waals surface area contributed by atoms with Gasteiger partial charge in [-0.3, -0.25) is 9.59 Å². The number of nitrogens with one attached hydrogen (secondary N) is 1. The minimum atomic E-state index is -1.01. The minimum Gasteiger partial charge on any atom is -0.391 e. The maximum atomic E-state index is 12.9. The largest absolute Gasteiger partial charge is 0.391 e. The molecular weight excluding hydrogens is 418 g/mol. The molecule has 0 aliphatic carbocycles. The fraction of sp³-hybridized carbons (Fsp3) is 0.185. The van der Waals surface area contributed by atoms with Crippen molar-refractivity contribution in [1.29, 1.82) is 0 Å². The summed E-state index contributed by atoms with van der Waals surface area (Å²) in [5.74, 6) is 5.49. The molecule has 3 rings (SSSR count). The van der Waals surface area contributed by atoms with E-state index in [1.54, 1.807) is 36.0 Å². The summed E-state index contributed by atoms with van der Waals surface area (Å²) >= 11 is 1.56. The first kappa shape index (κ1) is 23.3. The summed E-state index contributed by atoms with van der Waals surface area (Å²) < 4.78 is 0. The van der Waals surface area contributed by atoms with Crippen molar-refractivity contribution in [2.75, 3.05) is 6.26 Å². The highest BCUT2D eigenvalue weighted by Gasteiger charge is 2.26. The Labute approximate surface area is 193 Å². The summed E-state index contributed by atoms with van der Waals surface area (Å²) in [6.45, 7) is 1.51. The molecule has 2 atom stereocenters. The minimum absolute atomic E-state index is 0.140. The van der Waals surface area contributed by atoms with Gasteiger partial charge in [-0.15, -0.1) is 11.8 Å². The average Bonchev–Trinajstić information content (AvgIpc) is 2.82. The molecule has 0 unspecified atom stereocenters. The topological polar surface area (TPSA) is 66.4 Å². The molecule has 2 N–H and O–H groups in total. The van der Waals surface area contributed by atoms with Crippen molar-refractivity contribution in [3.05, 3.63) is 101 Å². The van der Waals surface area contributed by atoms with Gasteiger partial charge in [-0.05, 0) is 61.2 Å². The van der Waals surface area contributed by atoms with E-state index in [0.717, 1.165) is 21.6 Å². The molecule has 3 aromatic rings. The van der Waals surface area contributed by atoms with Crippen LogP contribution in [0.2, 0.25) is 0 Å². The first-order valence-corrected chi connectivity index (χ1v) is 11.5. The molecule has 0 heterocycles. The van der Waals surface area contributed by atoms with Crippen LogP contribution in [0.1, 0.15) is 34.0 Å². The lowest BCUT2D eigenvalue weighted by atomic mass is 9.99. The second-order valence-corrected chi connectivity index (χ2v) is 8.19. The van der Waals surface area contributed by atoms with Crippen LogP contribution in [-0.2, 0) is 11.2 Å². The van der Waals surface area contributed by atoms with Crippen LogP contribution in [-0.4, -0.2) is 35.2 Å². The Morgan fingerprint density at radius 2 is 1.50 bits per heavy atom. The monoisotopic (exact) mass is 443 g/mol. The number of ketones is 1. The number of aliphatic hydroxyl groups is 1. The number of Topliss-reactive ketones (excluding diaryl/α,β-unsaturated/α-hetero) is 1. The first-order chi connectivity index (χ1) is 15.5. The molecule has 0 saturated heterocycles. The Morgan fingerprint density at radius 1 is 0.906 bits per heavy atom. The Morgan fingerprint density at radius 3 is 2.12 bits per heavy atom.